The summed E-state index contributed by atoms with van der Waals surface area (Å²) in [5.41, 5.74) is 0.474. The molecule has 1 aromatic heterocycles. The Morgan fingerprint density at radius 3 is 2.62 bits per heavy atom. The van der Waals surface area contributed by atoms with Crippen LogP contribution in [0.3, 0.4) is 0 Å². The number of urea groups is 1. The zero-order chi connectivity index (χ0) is 15.4. The van der Waals surface area contributed by atoms with Crippen LogP contribution in [0.5, 0.6) is 0 Å². The van der Waals surface area contributed by atoms with Crippen molar-refractivity contribution in [3.8, 4) is 0 Å². The second-order valence-electron chi connectivity index (χ2n) is 5.51. The Kier molecular flexibility index (Phi) is 4.82. The number of aromatic nitrogens is 2. The van der Waals surface area contributed by atoms with E-state index in [-0.39, 0.29) is 6.03 Å². The van der Waals surface area contributed by atoms with E-state index in [1.807, 2.05) is 0 Å². The Hall–Kier alpha value is -2.05. The van der Waals surface area contributed by atoms with Crippen LogP contribution in [-0.4, -0.2) is 44.9 Å². The molecule has 21 heavy (non-hydrogen) atoms. The Balaban J connectivity index is 1.98. The lowest BCUT2D eigenvalue weighted by atomic mass is 9.95. The first-order valence-electron chi connectivity index (χ1n) is 7.28. The molecule has 1 aromatic rings. The molecule has 116 valence electrons. The van der Waals surface area contributed by atoms with Crippen LogP contribution in [0.4, 0.5) is 4.79 Å². The molecule has 0 aromatic carbocycles. The van der Waals surface area contributed by atoms with Crippen molar-refractivity contribution in [1.29, 1.82) is 0 Å². The number of amides is 2. The van der Waals surface area contributed by atoms with Gasteiger partial charge in [0.05, 0.1) is 6.20 Å². The molecule has 1 atom stereocenters. The topological polar surface area (TPSA) is 87.5 Å². The summed E-state index contributed by atoms with van der Waals surface area (Å²) in [6, 6.07) is -1.38. The molecular weight excluding hydrogens is 272 g/mol. The fourth-order valence-electron chi connectivity index (χ4n) is 2.64. The molecule has 1 saturated heterocycles. The molecule has 1 unspecified atom stereocenters. The summed E-state index contributed by atoms with van der Waals surface area (Å²) in [7, 11) is 1.71. The van der Waals surface area contributed by atoms with E-state index in [4.69, 9.17) is 0 Å². The molecule has 2 amide bonds. The average Bonchev–Trinajstić information content (AvgIpc) is 2.90. The first-order chi connectivity index (χ1) is 10.0. The van der Waals surface area contributed by atoms with Crippen LogP contribution in [-0.2, 0) is 11.8 Å². The molecule has 1 aliphatic rings. The van der Waals surface area contributed by atoms with Gasteiger partial charge in [-0.1, -0.05) is 13.3 Å². The van der Waals surface area contributed by atoms with E-state index in [1.54, 1.807) is 18.1 Å². The van der Waals surface area contributed by atoms with E-state index in [2.05, 4.69) is 17.3 Å². The molecule has 0 aliphatic carbocycles. The molecule has 0 saturated carbocycles. The molecule has 1 fully saturated rings. The molecular formula is C14H22N4O3. The molecule has 2 heterocycles. The predicted molar refractivity (Wildman–Crippen MR) is 76.7 cm³/mol. The van der Waals surface area contributed by atoms with Crippen molar-refractivity contribution in [2.75, 3.05) is 13.1 Å². The summed E-state index contributed by atoms with van der Waals surface area (Å²) in [4.78, 5) is 25.3. The molecule has 2 N–H and O–H groups in total. The normalized spacial score (nSPS) is 17.5. The number of aliphatic carboxylic acids is 1. The third-order valence-electron chi connectivity index (χ3n) is 4.05. The Morgan fingerprint density at radius 1 is 1.48 bits per heavy atom. The van der Waals surface area contributed by atoms with Crippen molar-refractivity contribution in [2.24, 2.45) is 13.0 Å². The average molecular weight is 294 g/mol. The van der Waals surface area contributed by atoms with Gasteiger partial charge < -0.3 is 15.3 Å². The highest BCUT2D eigenvalue weighted by atomic mass is 16.4. The maximum Gasteiger partial charge on any atom is 0.331 e. The minimum absolute atomic E-state index is 0.319. The molecule has 2 rings (SSSR count). The van der Waals surface area contributed by atoms with Gasteiger partial charge in [-0.3, -0.25) is 4.68 Å². The number of likely N-dealkylation sites (tertiary alicyclic amines) is 1. The number of aryl methyl sites for hydroxylation is 1. The van der Waals surface area contributed by atoms with Gasteiger partial charge in [0.1, 0.15) is 0 Å². The number of nitrogens with one attached hydrogen (secondary N) is 1. The van der Waals surface area contributed by atoms with Crippen molar-refractivity contribution < 1.29 is 14.7 Å². The van der Waals surface area contributed by atoms with E-state index in [1.165, 1.54) is 10.9 Å². The fraction of sp³-hybridized carbons (Fsp3) is 0.643. The summed E-state index contributed by atoms with van der Waals surface area (Å²) in [5.74, 6) is -0.414. The highest BCUT2D eigenvalue weighted by Gasteiger charge is 2.28. The molecule has 0 radical (unpaired) electrons. The van der Waals surface area contributed by atoms with Crippen molar-refractivity contribution in [3.63, 3.8) is 0 Å². The molecule has 0 spiro atoms. The van der Waals surface area contributed by atoms with Crippen LogP contribution < -0.4 is 5.32 Å². The van der Waals surface area contributed by atoms with Gasteiger partial charge in [-0.25, -0.2) is 9.59 Å². The lowest BCUT2D eigenvalue weighted by Gasteiger charge is -2.32. The van der Waals surface area contributed by atoms with Crippen molar-refractivity contribution >= 4 is 12.0 Å². The molecule has 0 bridgehead atoms. The SMILES string of the molecule is CCC1CCN(C(=O)NC(C(=O)O)c2cnn(C)c2)CC1. The van der Waals surface area contributed by atoms with E-state index >= 15 is 0 Å². The van der Waals surface area contributed by atoms with Crippen LogP contribution >= 0.6 is 0 Å². The van der Waals surface area contributed by atoms with Gasteiger partial charge in [0.15, 0.2) is 6.04 Å². The van der Waals surface area contributed by atoms with Gasteiger partial charge in [0.2, 0.25) is 0 Å². The van der Waals surface area contributed by atoms with Gasteiger partial charge in [-0.15, -0.1) is 0 Å². The van der Waals surface area contributed by atoms with E-state index < -0.39 is 12.0 Å². The Bertz CT molecular complexity index is 506. The summed E-state index contributed by atoms with van der Waals surface area (Å²) in [6.07, 6.45) is 6.15. The first kappa shape index (κ1) is 15.3. The highest BCUT2D eigenvalue weighted by molar-refractivity contribution is 5.83. The number of carboxylic acids is 1. The lowest BCUT2D eigenvalue weighted by molar-refractivity contribution is -0.139. The monoisotopic (exact) mass is 294 g/mol. The van der Waals surface area contributed by atoms with Gasteiger partial charge in [-0.05, 0) is 18.8 Å². The van der Waals surface area contributed by atoms with Crippen LogP contribution in [0.2, 0.25) is 0 Å². The quantitative estimate of drug-likeness (QED) is 0.878. The molecule has 1 aliphatic heterocycles. The number of hydrogen-bond acceptors (Lipinski definition) is 3. The van der Waals surface area contributed by atoms with Crippen molar-refractivity contribution in [3.05, 3.63) is 18.0 Å². The third-order valence-corrected chi connectivity index (χ3v) is 4.05. The van der Waals surface area contributed by atoms with Crippen LogP contribution in [0.15, 0.2) is 12.4 Å². The number of carboxylic acid groups (broad SMARTS) is 1. The van der Waals surface area contributed by atoms with Crippen LogP contribution in [0, 0.1) is 5.92 Å². The second kappa shape index (κ2) is 6.60. The predicted octanol–water partition coefficient (Wildman–Crippen LogP) is 1.38. The van der Waals surface area contributed by atoms with Crippen LogP contribution in [0.1, 0.15) is 37.8 Å². The number of nitrogens with zero attached hydrogens (tertiary/aromatic N) is 3. The largest absolute Gasteiger partial charge is 0.479 e. The van der Waals surface area contributed by atoms with Crippen LogP contribution in [0.25, 0.3) is 0 Å². The molecule has 7 heteroatoms. The fourth-order valence-corrected chi connectivity index (χ4v) is 2.64. The molecule has 7 nitrogen and oxygen atoms in total. The number of piperidine rings is 1. The Labute approximate surface area is 123 Å². The number of carbonyl (C=O) groups excluding carboxylic acids is 1. The maximum absolute atomic E-state index is 12.2. The van der Waals surface area contributed by atoms with Gasteiger partial charge in [-0.2, -0.15) is 5.10 Å². The standard InChI is InChI=1S/C14H22N4O3/c1-3-10-4-6-18(7-5-10)14(21)16-12(13(19)20)11-8-15-17(2)9-11/h8-10,12H,3-7H2,1-2H3,(H,16,21)(H,19,20). The summed E-state index contributed by atoms with van der Waals surface area (Å²) in [5, 5.41) is 15.8. The van der Waals surface area contributed by atoms with Gasteiger partial charge in [0, 0.05) is 31.9 Å². The zero-order valence-corrected chi connectivity index (χ0v) is 12.5. The minimum Gasteiger partial charge on any atom is -0.479 e. The maximum atomic E-state index is 12.2. The zero-order valence-electron chi connectivity index (χ0n) is 12.5. The lowest BCUT2D eigenvalue weighted by Crippen LogP contribution is -2.46. The number of carbonyl (C=O) groups is 2. The van der Waals surface area contributed by atoms with Gasteiger partial charge >= 0.3 is 12.0 Å². The number of hydrogen-bond donors (Lipinski definition) is 2. The summed E-state index contributed by atoms with van der Waals surface area (Å²) in [6.45, 7) is 3.52. The third kappa shape index (κ3) is 3.74. The van der Waals surface area contributed by atoms with Gasteiger partial charge in [0.25, 0.3) is 0 Å². The van der Waals surface area contributed by atoms with Crippen molar-refractivity contribution in [2.45, 2.75) is 32.2 Å². The number of rotatable bonds is 4. The summed E-state index contributed by atoms with van der Waals surface area (Å²) < 4.78 is 1.52. The summed E-state index contributed by atoms with van der Waals surface area (Å²) >= 11 is 0. The first-order valence-corrected chi connectivity index (χ1v) is 7.28. The Morgan fingerprint density at radius 2 is 2.14 bits per heavy atom. The second-order valence-corrected chi connectivity index (χ2v) is 5.51. The van der Waals surface area contributed by atoms with E-state index in [0.29, 0.717) is 24.6 Å². The minimum atomic E-state index is -1.08. The smallest absolute Gasteiger partial charge is 0.331 e. The highest BCUT2D eigenvalue weighted by Crippen LogP contribution is 2.20. The van der Waals surface area contributed by atoms with E-state index in [9.17, 15) is 14.7 Å². The van der Waals surface area contributed by atoms with E-state index in [0.717, 1.165) is 19.3 Å². The van der Waals surface area contributed by atoms with Crippen molar-refractivity contribution in [1.82, 2.24) is 20.0 Å².